The van der Waals surface area contributed by atoms with Gasteiger partial charge in [0, 0.05) is 48.4 Å². The average Bonchev–Trinajstić information content (AvgIpc) is 3.57. The molecule has 2 N–H and O–H groups in total. The Bertz CT molecular complexity index is 1440. The summed E-state index contributed by atoms with van der Waals surface area (Å²) >= 11 is 0. The van der Waals surface area contributed by atoms with Crippen molar-refractivity contribution in [1.82, 2.24) is 34.8 Å². The number of hydrogen-bond acceptors (Lipinski definition) is 8. The predicted octanol–water partition coefficient (Wildman–Crippen LogP) is 2.82. The molecule has 0 saturated carbocycles. The van der Waals surface area contributed by atoms with Gasteiger partial charge in [0.05, 0.1) is 12.2 Å². The highest BCUT2D eigenvalue weighted by Crippen LogP contribution is 2.40. The zero-order valence-corrected chi connectivity index (χ0v) is 19.9. The number of fused-ring (bicyclic) bond motifs is 2. The van der Waals surface area contributed by atoms with Gasteiger partial charge in [-0.25, -0.2) is 24.9 Å². The van der Waals surface area contributed by atoms with Crippen molar-refractivity contribution < 1.29 is 9.53 Å². The Balaban J connectivity index is 1.47. The van der Waals surface area contributed by atoms with Crippen molar-refractivity contribution in [2.45, 2.75) is 45.3 Å². The topological polar surface area (TPSA) is 120 Å². The molecule has 0 spiro atoms. The van der Waals surface area contributed by atoms with Crippen LogP contribution in [-0.2, 0) is 21.6 Å². The Morgan fingerprint density at radius 2 is 2.03 bits per heavy atom. The number of ether oxygens (including phenoxy) is 1. The van der Waals surface area contributed by atoms with Crippen LogP contribution in [0.3, 0.4) is 0 Å². The normalized spacial score (nSPS) is 21.5. The molecule has 1 fully saturated rings. The van der Waals surface area contributed by atoms with Crippen LogP contribution in [0.4, 0.5) is 5.69 Å². The Kier molecular flexibility index (Phi) is 5.08. The number of rotatable bonds is 5. The Morgan fingerprint density at radius 1 is 1.20 bits per heavy atom. The summed E-state index contributed by atoms with van der Waals surface area (Å²) in [6.45, 7) is 7.82. The summed E-state index contributed by atoms with van der Waals surface area (Å²) in [5.74, 6) is 1.38. The van der Waals surface area contributed by atoms with Crippen molar-refractivity contribution in [3.63, 3.8) is 0 Å². The van der Waals surface area contributed by atoms with Crippen molar-refractivity contribution in [3.05, 3.63) is 48.3 Å². The van der Waals surface area contributed by atoms with Crippen molar-refractivity contribution in [2.24, 2.45) is 0 Å². The SMILES string of the molecule is CCn1c(-c2cnc(C)nc2)nc2c(-c3ccc4c(c3)[C@](C)(N[C@H]3CCOC3)C(=O)N4)ncnc21. The minimum absolute atomic E-state index is 0.0682. The van der Waals surface area contributed by atoms with Gasteiger partial charge in [-0.2, -0.15) is 0 Å². The van der Waals surface area contributed by atoms with Crippen LogP contribution < -0.4 is 10.6 Å². The van der Waals surface area contributed by atoms with Crippen molar-refractivity contribution in [2.75, 3.05) is 18.5 Å². The van der Waals surface area contributed by atoms with E-state index in [1.807, 2.05) is 36.6 Å². The van der Waals surface area contributed by atoms with Gasteiger partial charge in [0.2, 0.25) is 5.91 Å². The van der Waals surface area contributed by atoms with Gasteiger partial charge < -0.3 is 14.6 Å². The first-order chi connectivity index (χ1) is 17.0. The zero-order valence-electron chi connectivity index (χ0n) is 19.9. The molecule has 0 aliphatic carbocycles. The van der Waals surface area contributed by atoms with E-state index in [2.05, 4.69) is 37.5 Å². The molecule has 4 aromatic rings. The largest absolute Gasteiger partial charge is 0.380 e. The fraction of sp³-hybridized carbons (Fsp3) is 0.360. The number of nitrogens with zero attached hydrogens (tertiary/aromatic N) is 6. The summed E-state index contributed by atoms with van der Waals surface area (Å²) < 4.78 is 7.55. The van der Waals surface area contributed by atoms with Crippen LogP contribution in [0.15, 0.2) is 36.9 Å². The Hall–Kier alpha value is -3.76. The van der Waals surface area contributed by atoms with Crippen LogP contribution >= 0.6 is 0 Å². The van der Waals surface area contributed by atoms with Gasteiger partial charge in [-0.3, -0.25) is 10.1 Å². The molecule has 0 unspecified atom stereocenters. The standard InChI is InChI=1S/C25H26N8O2/c1-4-33-22(16-10-26-14(2)27-11-16)31-21-20(28-13-29-23(21)33)15-5-6-19-18(9-15)25(3,24(34)30-19)32-17-7-8-35-12-17/h5-6,9-11,13,17,32H,4,7-8,12H2,1-3H3,(H,30,34)/t17-,25-/m0/s1. The van der Waals surface area contributed by atoms with Crippen LogP contribution in [0.5, 0.6) is 0 Å². The molecule has 2 atom stereocenters. The van der Waals surface area contributed by atoms with E-state index in [4.69, 9.17) is 9.72 Å². The lowest BCUT2D eigenvalue weighted by Crippen LogP contribution is -2.50. The predicted molar refractivity (Wildman–Crippen MR) is 131 cm³/mol. The van der Waals surface area contributed by atoms with Crippen LogP contribution in [-0.4, -0.2) is 54.6 Å². The molecular weight excluding hydrogens is 444 g/mol. The number of amides is 1. The first kappa shape index (κ1) is 21.8. The zero-order chi connectivity index (χ0) is 24.2. The third-order valence-corrected chi connectivity index (χ3v) is 6.84. The molecule has 0 bridgehead atoms. The molecule has 1 saturated heterocycles. The van der Waals surface area contributed by atoms with E-state index in [9.17, 15) is 4.79 Å². The van der Waals surface area contributed by atoms with Gasteiger partial charge in [0.25, 0.3) is 0 Å². The van der Waals surface area contributed by atoms with E-state index >= 15 is 0 Å². The van der Waals surface area contributed by atoms with Crippen molar-refractivity contribution in [3.8, 4) is 22.6 Å². The van der Waals surface area contributed by atoms with E-state index in [0.717, 1.165) is 40.3 Å². The van der Waals surface area contributed by atoms with E-state index in [0.29, 0.717) is 36.8 Å². The molecule has 3 aromatic heterocycles. The quantitative estimate of drug-likeness (QED) is 0.457. The number of benzene rings is 1. The molecule has 178 valence electrons. The number of aromatic nitrogens is 6. The number of carbonyl (C=O) groups excluding carboxylic acids is 1. The number of hydrogen-bond donors (Lipinski definition) is 2. The average molecular weight is 471 g/mol. The van der Waals surface area contributed by atoms with Crippen LogP contribution in [0.1, 0.15) is 31.7 Å². The molecule has 5 heterocycles. The number of imidazole rings is 1. The third-order valence-electron chi connectivity index (χ3n) is 6.84. The number of aryl methyl sites for hydroxylation is 2. The molecule has 10 heteroatoms. The van der Waals surface area contributed by atoms with E-state index in [1.165, 1.54) is 0 Å². The van der Waals surface area contributed by atoms with Gasteiger partial charge >= 0.3 is 0 Å². The summed E-state index contributed by atoms with van der Waals surface area (Å²) in [5, 5.41) is 6.54. The molecule has 1 aromatic carbocycles. The highest BCUT2D eigenvalue weighted by molar-refractivity contribution is 6.06. The maximum Gasteiger partial charge on any atom is 0.249 e. The maximum atomic E-state index is 13.0. The van der Waals surface area contributed by atoms with Gasteiger partial charge in [-0.15, -0.1) is 0 Å². The summed E-state index contributed by atoms with van der Waals surface area (Å²) in [5.41, 5.74) is 4.67. The highest BCUT2D eigenvalue weighted by atomic mass is 16.5. The molecule has 1 amide bonds. The van der Waals surface area contributed by atoms with E-state index in [1.54, 1.807) is 18.7 Å². The molecule has 2 aliphatic heterocycles. The van der Waals surface area contributed by atoms with Gasteiger partial charge in [-0.1, -0.05) is 6.07 Å². The molecule has 2 aliphatic rings. The smallest absolute Gasteiger partial charge is 0.249 e. The van der Waals surface area contributed by atoms with Crippen molar-refractivity contribution >= 4 is 22.8 Å². The monoisotopic (exact) mass is 470 g/mol. The fourth-order valence-corrected chi connectivity index (χ4v) is 4.96. The van der Waals surface area contributed by atoms with Crippen LogP contribution in [0, 0.1) is 6.92 Å². The van der Waals surface area contributed by atoms with Gasteiger partial charge in [0.15, 0.2) is 5.65 Å². The second kappa shape index (κ2) is 8.17. The first-order valence-corrected chi connectivity index (χ1v) is 11.8. The summed E-state index contributed by atoms with van der Waals surface area (Å²) in [6.07, 6.45) is 5.99. The second-order valence-corrected chi connectivity index (χ2v) is 9.14. The van der Waals surface area contributed by atoms with Gasteiger partial charge in [0.1, 0.15) is 34.7 Å². The molecule has 10 nitrogen and oxygen atoms in total. The summed E-state index contributed by atoms with van der Waals surface area (Å²) in [7, 11) is 0. The number of carbonyl (C=O) groups is 1. The lowest BCUT2D eigenvalue weighted by molar-refractivity contribution is -0.121. The summed E-state index contributed by atoms with van der Waals surface area (Å²) in [4.78, 5) is 35.7. The highest BCUT2D eigenvalue weighted by Gasteiger charge is 2.44. The fourth-order valence-electron chi connectivity index (χ4n) is 4.96. The second-order valence-electron chi connectivity index (χ2n) is 9.14. The van der Waals surface area contributed by atoms with Gasteiger partial charge in [-0.05, 0) is 39.3 Å². The Labute approximate surface area is 202 Å². The maximum absolute atomic E-state index is 13.0. The van der Waals surface area contributed by atoms with Crippen LogP contribution in [0.25, 0.3) is 33.8 Å². The van der Waals surface area contributed by atoms with E-state index < -0.39 is 5.54 Å². The molecular formula is C25H26N8O2. The molecule has 0 radical (unpaired) electrons. The van der Waals surface area contributed by atoms with E-state index in [-0.39, 0.29) is 11.9 Å². The van der Waals surface area contributed by atoms with Crippen LogP contribution in [0.2, 0.25) is 0 Å². The number of anilines is 1. The minimum atomic E-state index is -0.858. The molecule has 35 heavy (non-hydrogen) atoms. The Morgan fingerprint density at radius 3 is 2.77 bits per heavy atom. The van der Waals surface area contributed by atoms with Crippen molar-refractivity contribution in [1.29, 1.82) is 0 Å². The minimum Gasteiger partial charge on any atom is -0.380 e. The first-order valence-electron chi connectivity index (χ1n) is 11.8. The lowest BCUT2D eigenvalue weighted by Gasteiger charge is -2.27. The molecule has 6 rings (SSSR count). The lowest BCUT2D eigenvalue weighted by atomic mass is 9.90. The summed E-state index contributed by atoms with van der Waals surface area (Å²) in [6, 6.07) is 6.05. The third kappa shape index (κ3) is 3.48. The number of nitrogens with one attached hydrogen (secondary N) is 2.